The third kappa shape index (κ3) is 2.85. The van der Waals surface area contributed by atoms with Gasteiger partial charge in [0.25, 0.3) is 0 Å². The van der Waals surface area contributed by atoms with Crippen LogP contribution in [0.25, 0.3) is 0 Å². The summed E-state index contributed by atoms with van der Waals surface area (Å²) in [5, 5.41) is 3.42. The summed E-state index contributed by atoms with van der Waals surface area (Å²) in [6.45, 7) is 1.76. The van der Waals surface area contributed by atoms with E-state index >= 15 is 0 Å². The Hall–Kier alpha value is -1.43. The highest BCUT2D eigenvalue weighted by molar-refractivity contribution is 7.17. The van der Waals surface area contributed by atoms with Gasteiger partial charge in [-0.25, -0.2) is 9.78 Å². The number of rotatable bonds is 4. The molecule has 130 valence electrons. The van der Waals surface area contributed by atoms with Crippen LogP contribution in [0.2, 0.25) is 0 Å². The largest absolute Gasteiger partial charge is 0.465 e. The molecule has 1 amide bonds. The first-order valence-corrected chi connectivity index (χ1v) is 9.63. The van der Waals surface area contributed by atoms with Crippen molar-refractivity contribution in [3.05, 3.63) is 10.6 Å². The van der Waals surface area contributed by atoms with E-state index in [0.29, 0.717) is 22.1 Å². The third-order valence-corrected chi connectivity index (χ3v) is 7.17. The van der Waals surface area contributed by atoms with E-state index < -0.39 is 5.97 Å². The lowest BCUT2D eigenvalue weighted by atomic mass is 9.49. The van der Waals surface area contributed by atoms with Gasteiger partial charge in [0, 0.05) is 6.42 Å². The van der Waals surface area contributed by atoms with Crippen LogP contribution in [-0.4, -0.2) is 24.0 Å². The summed E-state index contributed by atoms with van der Waals surface area (Å²) in [6.07, 6.45) is 8.41. The van der Waals surface area contributed by atoms with Crippen LogP contribution in [0.5, 0.6) is 0 Å². The van der Waals surface area contributed by atoms with Gasteiger partial charge in [0.1, 0.15) is 4.88 Å². The summed E-state index contributed by atoms with van der Waals surface area (Å²) in [5.74, 6) is 2.18. The van der Waals surface area contributed by atoms with Crippen molar-refractivity contribution in [2.24, 2.45) is 23.2 Å². The fourth-order valence-corrected chi connectivity index (χ4v) is 6.64. The second kappa shape index (κ2) is 5.83. The van der Waals surface area contributed by atoms with Crippen molar-refractivity contribution >= 4 is 28.3 Å². The number of ether oxygens (including phenoxy) is 1. The summed E-state index contributed by atoms with van der Waals surface area (Å²) in [5.41, 5.74) is 0.827. The minimum atomic E-state index is -0.397. The zero-order valence-corrected chi connectivity index (χ0v) is 15.1. The highest BCUT2D eigenvalue weighted by Crippen LogP contribution is 2.61. The number of carbonyl (C=O) groups excluding carboxylic acids is 2. The van der Waals surface area contributed by atoms with Crippen molar-refractivity contribution in [3.63, 3.8) is 0 Å². The van der Waals surface area contributed by atoms with Crippen molar-refractivity contribution in [3.8, 4) is 0 Å². The number of amides is 1. The molecule has 1 N–H and O–H groups in total. The van der Waals surface area contributed by atoms with Crippen LogP contribution in [0.1, 0.15) is 60.3 Å². The summed E-state index contributed by atoms with van der Waals surface area (Å²) in [4.78, 5) is 29.0. The molecule has 1 aromatic heterocycles. The minimum Gasteiger partial charge on any atom is -0.465 e. The summed E-state index contributed by atoms with van der Waals surface area (Å²) in [7, 11) is 1.35. The molecule has 5 nitrogen and oxygen atoms in total. The van der Waals surface area contributed by atoms with E-state index in [2.05, 4.69) is 10.3 Å². The predicted octanol–water partition coefficient (Wildman–Crippen LogP) is 3.78. The summed E-state index contributed by atoms with van der Waals surface area (Å²) in [6, 6.07) is 0. The maximum atomic E-state index is 12.6. The molecule has 1 aromatic rings. The molecule has 4 saturated carbocycles. The molecule has 4 aliphatic carbocycles. The fraction of sp³-hybridized carbons (Fsp3) is 0.722. The molecule has 0 radical (unpaired) electrons. The van der Waals surface area contributed by atoms with Gasteiger partial charge in [-0.15, -0.1) is 0 Å². The number of thiazole rings is 1. The van der Waals surface area contributed by atoms with Crippen molar-refractivity contribution in [2.45, 2.75) is 51.9 Å². The van der Waals surface area contributed by atoms with Crippen LogP contribution in [-0.2, 0) is 9.53 Å². The monoisotopic (exact) mass is 348 g/mol. The SMILES string of the molecule is COC(=O)c1sc(NC(=O)CC23CC4CC(CC(C4)C2)C3)nc1C. The van der Waals surface area contributed by atoms with Crippen LogP contribution < -0.4 is 5.32 Å². The van der Waals surface area contributed by atoms with Crippen molar-refractivity contribution < 1.29 is 14.3 Å². The van der Waals surface area contributed by atoms with Gasteiger partial charge in [-0.05, 0) is 68.6 Å². The molecule has 0 atom stereocenters. The maximum Gasteiger partial charge on any atom is 0.350 e. The van der Waals surface area contributed by atoms with E-state index in [9.17, 15) is 9.59 Å². The third-order valence-electron chi connectivity index (χ3n) is 6.11. The van der Waals surface area contributed by atoms with Crippen LogP contribution in [0.3, 0.4) is 0 Å². The second-order valence-corrected chi connectivity index (χ2v) is 9.07. The lowest BCUT2D eigenvalue weighted by Crippen LogP contribution is -2.47. The molecule has 6 heteroatoms. The van der Waals surface area contributed by atoms with E-state index in [4.69, 9.17) is 4.74 Å². The number of nitrogens with one attached hydrogen (secondary N) is 1. The van der Waals surface area contributed by atoms with E-state index in [1.807, 2.05) is 0 Å². The Morgan fingerprint density at radius 1 is 1.21 bits per heavy atom. The van der Waals surface area contributed by atoms with Crippen molar-refractivity contribution in [2.75, 3.05) is 12.4 Å². The van der Waals surface area contributed by atoms with E-state index in [0.717, 1.165) is 17.8 Å². The first-order chi connectivity index (χ1) is 11.5. The average Bonchev–Trinajstić information content (AvgIpc) is 2.84. The van der Waals surface area contributed by atoms with Gasteiger partial charge in [0.2, 0.25) is 5.91 Å². The van der Waals surface area contributed by atoms with Crippen LogP contribution in [0.15, 0.2) is 0 Å². The molecular formula is C18H24N2O3S. The molecule has 0 spiro atoms. The molecule has 0 unspecified atom stereocenters. The van der Waals surface area contributed by atoms with Crippen LogP contribution >= 0.6 is 11.3 Å². The van der Waals surface area contributed by atoms with Gasteiger partial charge in [0.05, 0.1) is 12.8 Å². The number of anilines is 1. The van der Waals surface area contributed by atoms with Crippen LogP contribution in [0.4, 0.5) is 5.13 Å². The molecule has 4 aliphatic rings. The van der Waals surface area contributed by atoms with Gasteiger partial charge >= 0.3 is 5.97 Å². The Bertz CT molecular complexity index is 647. The first-order valence-electron chi connectivity index (χ1n) is 8.82. The van der Waals surface area contributed by atoms with Crippen molar-refractivity contribution in [1.29, 1.82) is 0 Å². The topological polar surface area (TPSA) is 68.3 Å². The number of hydrogen-bond acceptors (Lipinski definition) is 5. The molecule has 1 heterocycles. The van der Waals surface area contributed by atoms with Gasteiger partial charge < -0.3 is 10.1 Å². The highest BCUT2D eigenvalue weighted by atomic mass is 32.1. The van der Waals surface area contributed by atoms with Gasteiger partial charge in [-0.1, -0.05) is 11.3 Å². The molecule has 4 fully saturated rings. The molecule has 5 rings (SSSR count). The number of methoxy groups -OCH3 is 1. The van der Waals surface area contributed by atoms with E-state index in [-0.39, 0.29) is 11.3 Å². The molecule has 0 aromatic carbocycles. The summed E-state index contributed by atoms with van der Waals surface area (Å²) >= 11 is 1.20. The number of aryl methyl sites for hydroxylation is 1. The standard InChI is InChI=1S/C18H24N2O3S/c1-10-15(16(22)23-2)24-17(19-10)20-14(21)9-18-6-11-3-12(7-18)5-13(4-11)8-18/h11-13H,3-9H2,1-2H3,(H,19,20,21). The quantitative estimate of drug-likeness (QED) is 0.841. The first kappa shape index (κ1) is 16.1. The summed E-state index contributed by atoms with van der Waals surface area (Å²) < 4.78 is 4.75. The fourth-order valence-electron chi connectivity index (χ4n) is 5.74. The Morgan fingerprint density at radius 3 is 2.33 bits per heavy atom. The van der Waals surface area contributed by atoms with Crippen LogP contribution in [0, 0.1) is 30.1 Å². The molecule has 24 heavy (non-hydrogen) atoms. The molecule has 4 bridgehead atoms. The number of hydrogen-bond donors (Lipinski definition) is 1. The van der Waals surface area contributed by atoms with Gasteiger partial charge in [0.15, 0.2) is 5.13 Å². The molecule has 0 saturated heterocycles. The average molecular weight is 348 g/mol. The zero-order chi connectivity index (χ0) is 16.9. The Labute approximate surface area is 146 Å². The number of aromatic nitrogens is 1. The van der Waals surface area contributed by atoms with Gasteiger partial charge in [-0.3, -0.25) is 4.79 Å². The smallest absolute Gasteiger partial charge is 0.350 e. The molecular weight excluding hydrogens is 324 g/mol. The number of carbonyl (C=O) groups is 2. The zero-order valence-electron chi connectivity index (χ0n) is 14.3. The second-order valence-electron chi connectivity index (χ2n) is 8.07. The molecule has 0 aliphatic heterocycles. The lowest BCUT2D eigenvalue weighted by Gasteiger charge is -2.56. The number of nitrogens with zero attached hydrogens (tertiary/aromatic N) is 1. The predicted molar refractivity (Wildman–Crippen MR) is 92.0 cm³/mol. The highest BCUT2D eigenvalue weighted by Gasteiger charge is 2.51. The van der Waals surface area contributed by atoms with Crippen molar-refractivity contribution in [1.82, 2.24) is 4.98 Å². The van der Waals surface area contributed by atoms with E-state index in [1.165, 1.54) is 57.0 Å². The lowest BCUT2D eigenvalue weighted by molar-refractivity contribution is -0.124. The van der Waals surface area contributed by atoms with E-state index in [1.54, 1.807) is 6.92 Å². The Balaban J connectivity index is 1.43. The Kier molecular flexibility index (Phi) is 3.90. The number of esters is 1. The van der Waals surface area contributed by atoms with Gasteiger partial charge in [-0.2, -0.15) is 0 Å². The minimum absolute atomic E-state index is 0.0436. The Morgan fingerprint density at radius 2 is 1.79 bits per heavy atom. The maximum absolute atomic E-state index is 12.6. The normalized spacial score (nSPS) is 33.5.